The van der Waals surface area contributed by atoms with Crippen molar-refractivity contribution in [1.29, 1.82) is 0 Å². The Labute approximate surface area is 143 Å². The molecular formula is C23H24O. The van der Waals surface area contributed by atoms with Gasteiger partial charge in [-0.2, -0.15) is 0 Å². The van der Waals surface area contributed by atoms with Crippen LogP contribution >= 0.6 is 0 Å². The number of hydrogen-bond acceptors (Lipinski definition) is 1. The Hall–Kier alpha value is -1.76. The molecule has 7 atom stereocenters. The normalized spacial score (nSPS) is 41.2. The van der Waals surface area contributed by atoms with Gasteiger partial charge >= 0.3 is 0 Å². The molecule has 0 N–H and O–H groups in total. The zero-order chi connectivity index (χ0) is 15.7. The lowest BCUT2D eigenvalue weighted by atomic mass is 9.69. The van der Waals surface area contributed by atoms with Crippen LogP contribution in [0.25, 0.3) is 10.8 Å². The fourth-order valence-corrected chi connectivity index (χ4v) is 6.86. The van der Waals surface area contributed by atoms with Crippen molar-refractivity contribution in [3.63, 3.8) is 0 Å². The highest BCUT2D eigenvalue weighted by molar-refractivity contribution is 5.88. The quantitative estimate of drug-likeness (QED) is 0.550. The van der Waals surface area contributed by atoms with Crippen LogP contribution in [0.5, 0.6) is 5.75 Å². The number of fused-ring (bicyclic) bond motifs is 10. The van der Waals surface area contributed by atoms with E-state index in [4.69, 9.17) is 4.74 Å². The van der Waals surface area contributed by atoms with Gasteiger partial charge in [-0.15, -0.1) is 0 Å². The van der Waals surface area contributed by atoms with E-state index in [2.05, 4.69) is 54.6 Å². The first-order valence-electron chi connectivity index (χ1n) is 9.67. The lowest BCUT2D eigenvalue weighted by molar-refractivity contribution is 0.109. The molecule has 0 heterocycles. The summed E-state index contributed by atoms with van der Waals surface area (Å²) in [5.74, 6) is 7.60. The lowest BCUT2D eigenvalue weighted by Gasteiger charge is -2.36. The summed E-state index contributed by atoms with van der Waals surface area (Å²) in [6.07, 6.45) is 9.42. The molecule has 0 amide bonds. The molecule has 1 nitrogen and oxygen atoms in total. The standard InChI is InChI=1S/C23H24O/c1-2-6-19-14(4-1)5-3-7-21(19)24-13-18-11-17-12-20(18)23-16-9-8-15(10-16)22(17)23/h1-9,15-18,20,22-23H,10-13H2. The third-order valence-electron chi connectivity index (χ3n) is 7.61. The topological polar surface area (TPSA) is 9.23 Å². The maximum atomic E-state index is 6.37. The molecule has 0 aromatic heterocycles. The second-order valence-corrected chi connectivity index (χ2v) is 8.55. The van der Waals surface area contributed by atoms with Crippen molar-refractivity contribution >= 4 is 10.8 Å². The third kappa shape index (κ3) is 1.76. The van der Waals surface area contributed by atoms with E-state index in [1.54, 1.807) is 0 Å². The van der Waals surface area contributed by atoms with Gasteiger partial charge in [-0.3, -0.25) is 0 Å². The molecule has 3 saturated carbocycles. The van der Waals surface area contributed by atoms with Crippen LogP contribution in [0, 0.1) is 41.4 Å². The Kier molecular flexibility index (Phi) is 2.75. The van der Waals surface area contributed by atoms with Gasteiger partial charge in [0.1, 0.15) is 5.75 Å². The van der Waals surface area contributed by atoms with Crippen molar-refractivity contribution in [2.45, 2.75) is 19.3 Å². The van der Waals surface area contributed by atoms with Crippen LogP contribution in [0.1, 0.15) is 19.3 Å². The number of rotatable bonds is 3. The minimum Gasteiger partial charge on any atom is -0.493 e. The molecule has 24 heavy (non-hydrogen) atoms. The molecular weight excluding hydrogens is 292 g/mol. The monoisotopic (exact) mass is 316 g/mol. The minimum atomic E-state index is 0.781. The first-order valence-corrected chi connectivity index (χ1v) is 9.67. The number of ether oxygens (including phenoxy) is 1. The Balaban J connectivity index is 1.22. The van der Waals surface area contributed by atoms with Crippen LogP contribution in [0.4, 0.5) is 0 Å². The van der Waals surface area contributed by atoms with Crippen LogP contribution in [0.2, 0.25) is 0 Å². The van der Waals surface area contributed by atoms with Gasteiger partial charge in [0.25, 0.3) is 0 Å². The summed E-state index contributed by atoms with van der Waals surface area (Å²) in [4.78, 5) is 0. The van der Waals surface area contributed by atoms with Gasteiger partial charge < -0.3 is 4.74 Å². The van der Waals surface area contributed by atoms with Gasteiger partial charge in [0.05, 0.1) is 6.61 Å². The molecule has 6 rings (SSSR count). The molecule has 4 aliphatic carbocycles. The van der Waals surface area contributed by atoms with Crippen LogP contribution in [-0.4, -0.2) is 6.61 Å². The van der Waals surface area contributed by atoms with E-state index in [1.165, 1.54) is 30.0 Å². The molecule has 4 aliphatic rings. The summed E-state index contributed by atoms with van der Waals surface area (Å²) in [5.41, 5.74) is 0. The first kappa shape index (κ1) is 13.5. The molecule has 3 fully saturated rings. The van der Waals surface area contributed by atoms with Crippen LogP contribution in [0.15, 0.2) is 54.6 Å². The number of benzene rings is 2. The van der Waals surface area contributed by atoms with Crippen molar-refractivity contribution in [2.75, 3.05) is 6.61 Å². The highest BCUT2D eigenvalue weighted by Crippen LogP contribution is 2.66. The third-order valence-corrected chi connectivity index (χ3v) is 7.61. The van der Waals surface area contributed by atoms with Gasteiger partial charge in [-0.05, 0) is 72.1 Å². The van der Waals surface area contributed by atoms with E-state index in [0.717, 1.165) is 53.8 Å². The zero-order valence-corrected chi connectivity index (χ0v) is 14.0. The maximum absolute atomic E-state index is 6.37. The fourth-order valence-electron chi connectivity index (χ4n) is 6.86. The van der Waals surface area contributed by atoms with Crippen LogP contribution in [0.3, 0.4) is 0 Å². The fraction of sp³-hybridized carbons (Fsp3) is 0.478. The molecule has 4 bridgehead atoms. The van der Waals surface area contributed by atoms with Crippen molar-refractivity contribution in [2.24, 2.45) is 41.4 Å². The summed E-state index contributed by atoms with van der Waals surface area (Å²) >= 11 is 0. The minimum absolute atomic E-state index is 0.781. The zero-order valence-electron chi connectivity index (χ0n) is 14.0. The van der Waals surface area contributed by atoms with Gasteiger partial charge in [-0.25, -0.2) is 0 Å². The van der Waals surface area contributed by atoms with E-state index in [-0.39, 0.29) is 0 Å². The summed E-state index contributed by atoms with van der Waals surface area (Å²) in [5, 5.41) is 2.53. The summed E-state index contributed by atoms with van der Waals surface area (Å²) in [6, 6.07) is 15.0. The largest absolute Gasteiger partial charge is 0.493 e. The van der Waals surface area contributed by atoms with Gasteiger partial charge in [0, 0.05) is 5.39 Å². The Bertz CT molecular complexity index is 816. The number of allylic oxidation sites excluding steroid dienone is 2. The molecule has 1 heteroatoms. The van der Waals surface area contributed by atoms with Crippen molar-refractivity contribution in [3.8, 4) is 5.75 Å². The van der Waals surface area contributed by atoms with Gasteiger partial charge in [-0.1, -0.05) is 48.6 Å². The molecule has 2 aromatic rings. The molecule has 0 aliphatic heterocycles. The smallest absolute Gasteiger partial charge is 0.127 e. The molecule has 0 saturated heterocycles. The number of hydrogen-bond donors (Lipinski definition) is 0. The van der Waals surface area contributed by atoms with Crippen LogP contribution in [-0.2, 0) is 0 Å². The van der Waals surface area contributed by atoms with E-state index < -0.39 is 0 Å². The highest BCUT2D eigenvalue weighted by Gasteiger charge is 2.60. The molecule has 122 valence electrons. The van der Waals surface area contributed by atoms with Crippen LogP contribution < -0.4 is 4.74 Å². The second-order valence-electron chi connectivity index (χ2n) is 8.55. The van der Waals surface area contributed by atoms with E-state index in [1.807, 2.05) is 0 Å². The van der Waals surface area contributed by atoms with E-state index in [9.17, 15) is 0 Å². The van der Waals surface area contributed by atoms with Crippen molar-refractivity contribution in [1.82, 2.24) is 0 Å². The van der Waals surface area contributed by atoms with Crippen molar-refractivity contribution < 1.29 is 4.74 Å². The molecule has 2 aromatic carbocycles. The predicted octanol–water partition coefficient (Wildman–Crippen LogP) is 5.31. The average molecular weight is 316 g/mol. The van der Waals surface area contributed by atoms with E-state index >= 15 is 0 Å². The first-order chi connectivity index (χ1) is 11.9. The maximum Gasteiger partial charge on any atom is 0.127 e. The Morgan fingerprint density at radius 2 is 1.67 bits per heavy atom. The van der Waals surface area contributed by atoms with Gasteiger partial charge in [0.15, 0.2) is 0 Å². The predicted molar refractivity (Wildman–Crippen MR) is 96.9 cm³/mol. The second kappa shape index (κ2) is 4.88. The SMILES string of the molecule is C1=CC2CC1C1C3CC(COc4cccc5ccccc45)C(C3)C21. The molecule has 7 unspecified atom stereocenters. The highest BCUT2D eigenvalue weighted by atomic mass is 16.5. The Morgan fingerprint density at radius 1 is 0.833 bits per heavy atom. The summed E-state index contributed by atoms with van der Waals surface area (Å²) in [7, 11) is 0. The average Bonchev–Trinajstić information content (AvgIpc) is 3.38. The molecule has 0 spiro atoms. The van der Waals surface area contributed by atoms with Gasteiger partial charge in [0.2, 0.25) is 0 Å². The Morgan fingerprint density at radius 3 is 2.62 bits per heavy atom. The molecule has 0 radical (unpaired) electrons. The summed E-state index contributed by atoms with van der Waals surface area (Å²) < 4.78 is 6.37. The lowest BCUT2D eigenvalue weighted by Crippen LogP contribution is -2.33. The van der Waals surface area contributed by atoms with E-state index in [0.29, 0.717) is 0 Å². The van der Waals surface area contributed by atoms with Crippen molar-refractivity contribution in [3.05, 3.63) is 54.6 Å². The summed E-state index contributed by atoms with van der Waals surface area (Å²) in [6.45, 7) is 0.916.